The standard InChI is InChI=1S/C16H32O8/c1-3-24-16(17)4-5-19-8-9-21-12-13-23-15-14-22-11-10-20-7-6-18-2/h3-15H2,1-2H3. The van der Waals surface area contributed by atoms with Crippen LogP contribution in [0.1, 0.15) is 13.3 Å². The first-order valence-corrected chi connectivity index (χ1v) is 8.34. The van der Waals surface area contributed by atoms with Crippen LogP contribution in [0.2, 0.25) is 0 Å². The van der Waals surface area contributed by atoms with Gasteiger partial charge in [-0.05, 0) is 6.92 Å². The Morgan fingerprint density at radius 1 is 0.625 bits per heavy atom. The van der Waals surface area contributed by atoms with Gasteiger partial charge in [0, 0.05) is 7.11 Å². The van der Waals surface area contributed by atoms with Crippen LogP contribution in [0.25, 0.3) is 0 Å². The quantitative estimate of drug-likeness (QED) is 0.248. The molecule has 0 radical (unpaired) electrons. The van der Waals surface area contributed by atoms with Crippen molar-refractivity contribution < 1.29 is 38.0 Å². The second kappa shape index (κ2) is 20.3. The number of ether oxygens (including phenoxy) is 7. The number of methoxy groups -OCH3 is 1. The third kappa shape index (κ3) is 19.3. The second-order valence-electron chi connectivity index (χ2n) is 4.61. The molecule has 24 heavy (non-hydrogen) atoms. The fourth-order valence-corrected chi connectivity index (χ4v) is 1.51. The zero-order chi connectivity index (χ0) is 17.7. The van der Waals surface area contributed by atoms with Crippen molar-refractivity contribution in [2.24, 2.45) is 0 Å². The van der Waals surface area contributed by atoms with E-state index in [0.717, 1.165) is 0 Å². The Kier molecular flexibility index (Phi) is 19.6. The first-order valence-electron chi connectivity index (χ1n) is 8.34. The fraction of sp³-hybridized carbons (Fsp3) is 0.938. The molecule has 0 heterocycles. The molecule has 144 valence electrons. The molecule has 8 heteroatoms. The van der Waals surface area contributed by atoms with Gasteiger partial charge in [-0.15, -0.1) is 0 Å². The zero-order valence-electron chi connectivity index (χ0n) is 15.0. The Morgan fingerprint density at radius 3 is 1.38 bits per heavy atom. The molecule has 0 aromatic heterocycles. The molecular weight excluding hydrogens is 320 g/mol. The number of carbonyl (C=O) groups excluding carboxylic acids is 1. The predicted molar refractivity (Wildman–Crippen MR) is 87.2 cm³/mol. The SMILES string of the molecule is CCOC(=O)CCOCCOCCOCCOCCOCCOC. The minimum atomic E-state index is -0.240. The van der Waals surface area contributed by atoms with Crippen LogP contribution in [0.15, 0.2) is 0 Å². The van der Waals surface area contributed by atoms with E-state index in [1.807, 2.05) is 0 Å². The van der Waals surface area contributed by atoms with E-state index in [2.05, 4.69) is 0 Å². The maximum absolute atomic E-state index is 11.0. The molecule has 0 spiro atoms. The molecular formula is C16H32O8. The largest absolute Gasteiger partial charge is 0.466 e. The summed E-state index contributed by atoms with van der Waals surface area (Å²) in [6.07, 6.45) is 0.272. The normalized spacial score (nSPS) is 10.9. The van der Waals surface area contributed by atoms with Crippen LogP contribution in [0.5, 0.6) is 0 Å². The van der Waals surface area contributed by atoms with Gasteiger partial charge in [0.2, 0.25) is 0 Å². The van der Waals surface area contributed by atoms with Crippen molar-refractivity contribution in [3.8, 4) is 0 Å². The molecule has 0 aliphatic rings. The van der Waals surface area contributed by atoms with Gasteiger partial charge in [-0.3, -0.25) is 4.79 Å². The Labute approximate surface area is 144 Å². The highest BCUT2D eigenvalue weighted by atomic mass is 16.6. The highest BCUT2D eigenvalue weighted by Gasteiger charge is 2.00. The van der Waals surface area contributed by atoms with E-state index >= 15 is 0 Å². The van der Waals surface area contributed by atoms with Crippen molar-refractivity contribution in [3.63, 3.8) is 0 Å². The van der Waals surface area contributed by atoms with Crippen LogP contribution in [-0.4, -0.2) is 92.4 Å². The van der Waals surface area contributed by atoms with E-state index in [1.165, 1.54) is 0 Å². The number of hydrogen-bond acceptors (Lipinski definition) is 8. The van der Waals surface area contributed by atoms with Gasteiger partial charge in [0.05, 0.1) is 85.7 Å². The van der Waals surface area contributed by atoms with Crippen LogP contribution in [0.4, 0.5) is 0 Å². The molecule has 0 rings (SSSR count). The van der Waals surface area contributed by atoms with E-state index in [1.54, 1.807) is 14.0 Å². The lowest BCUT2D eigenvalue weighted by atomic mass is 10.5. The van der Waals surface area contributed by atoms with E-state index in [0.29, 0.717) is 79.3 Å². The molecule has 0 saturated carbocycles. The van der Waals surface area contributed by atoms with Gasteiger partial charge in [0.15, 0.2) is 0 Å². The molecule has 0 saturated heterocycles. The third-order valence-corrected chi connectivity index (χ3v) is 2.68. The van der Waals surface area contributed by atoms with Crippen molar-refractivity contribution >= 4 is 5.97 Å². The lowest BCUT2D eigenvalue weighted by Gasteiger charge is -2.08. The van der Waals surface area contributed by atoms with Gasteiger partial charge < -0.3 is 33.2 Å². The van der Waals surface area contributed by atoms with E-state index in [9.17, 15) is 4.79 Å². The number of carbonyl (C=O) groups is 1. The number of esters is 1. The molecule has 0 aromatic rings. The first-order chi connectivity index (χ1) is 11.8. The lowest BCUT2D eigenvalue weighted by molar-refractivity contribution is -0.144. The number of hydrogen-bond donors (Lipinski definition) is 0. The van der Waals surface area contributed by atoms with Crippen molar-refractivity contribution in [2.75, 3.05) is 86.4 Å². The van der Waals surface area contributed by atoms with Gasteiger partial charge >= 0.3 is 5.97 Å². The molecule has 0 amide bonds. The average Bonchev–Trinajstić information content (AvgIpc) is 2.58. The highest BCUT2D eigenvalue weighted by Crippen LogP contribution is 1.89. The van der Waals surface area contributed by atoms with Crippen LogP contribution in [-0.2, 0) is 38.0 Å². The first kappa shape index (κ1) is 23.2. The Bertz CT molecular complexity index is 262. The fourth-order valence-electron chi connectivity index (χ4n) is 1.51. The van der Waals surface area contributed by atoms with Gasteiger partial charge in [-0.25, -0.2) is 0 Å². The van der Waals surface area contributed by atoms with Crippen LogP contribution in [0, 0.1) is 0 Å². The second-order valence-corrected chi connectivity index (χ2v) is 4.61. The monoisotopic (exact) mass is 352 g/mol. The molecule has 0 fully saturated rings. The van der Waals surface area contributed by atoms with Crippen molar-refractivity contribution in [2.45, 2.75) is 13.3 Å². The van der Waals surface area contributed by atoms with Gasteiger partial charge in [0.1, 0.15) is 0 Å². The van der Waals surface area contributed by atoms with Crippen LogP contribution < -0.4 is 0 Å². The molecule has 0 aliphatic heterocycles. The van der Waals surface area contributed by atoms with E-state index in [4.69, 9.17) is 33.2 Å². The molecule has 0 atom stereocenters. The minimum absolute atomic E-state index is 0.240. The van der Waals surface area contributed by atoms with Crippen molar-refractivity contribution in [1.29, 1.82) is 0 Å². The number of rotatable bonds is 19. The highest BCUT2D eigenvalue weighted by molar-refractivity contribution is 5.69. The molecule has 0 aromatic carbocycles. The van der Waals surface area contributed by atoms with Gasteiger partial charge in [-0.2, -0.15) is 0 Å². The maximum atomic E-state index is 11.0. The molecule has 0 N–H and O–H groups in total. The summed E-state index contributed by atoms with van der Waals surface area (Å²) in [7, 11) is 1.64. The summed E-state index contributed by atoms with van der Waals surface area (Å²) in [5.41, 5.74) is 0. The smallest absolute Gasteiger partial charge is 0.308 e. The van der Waals surface area contributed by atoms with Crippen molar-refractivity contribution in [3.05, 3.63) is 0 Å². The summed E-state index contributed by atoms with van der Waals surface area (Å²) in [6.45, 7) is 7.81. The Morgan fingerprint density at radius 2 is 1.00 bits per heavy atom. The summed E-state index contributed by atoms with van der Waals surface area (Å²) in [5, 5.41) is 0. The average molecular weight is 352 g/mol. The maximum Gasteiger partial charge on any atom is 0.308 e. The molecule has 0 bridgehead atoms. The summed E-state index contributed by atoms with van der Waals surface area (Å²) < 4.78 is 36.2. The summed E-state index contributed by atoms with van der Waals surface area (Å²) in [6, 6.07) is 0. The van der Waals surface area contributed by atoms with Crippen molar-refractivity contribution in [1.82, 2.24) is 0 Å². The topological polar surface area (TPSA) is 81.7 Å². The Hall–Kier alpha value is -0.770. The van der Waals surface area contributed by atoms with Gasteiger partial charge in [-0.1, -0.05) is 0 Å². The lowest BCUT2D eigenvalue weighted by Crippen LogP contribution is -2.14. The summed E-state index contributed by atoms with van der Waals surface area (Å²) in [5.74, 6) is -0.240. The predicted octanol–water partition coefficient (Wildman–Crippen LogP) is 0.669. The summed E-state index contributed by atoms with van der Waals surface area (Å²) in [4.78, 5) is 11.0. The van der Waals surface area contributed by atoms with Crippen LogP contribution >= 0.6 is 0 Å². The van der Waals surface area contributed by atoms with Gasteiger partial charge in [0.25, 0.3) is 0 Å². The zero-order valence-corrected chi connectivity index (χ0v) is 15.0. The van der Waals surface area contributed by atoms with E-state index < -0.39 is 0 Å². The molecule has 8 nitrogen and oxygen atoms in total. The minimum Gasteiger partial charge on any atom is -0.466 e. The molecule has 0 aliphatic carbocycles. The van der Waals surface area contributed by atoms with Crippen LogP contribution in [0.3, 0.4) is 0 Å². The third-order valence-electron chi connectivity index (χ3n) is 2.68. The molecule has 0 unspecified atom stereocenters. The Balaban J connectivity index is 3.01. The summed E-state index contributed by atoms with van der Waals surface area (Å²) >= 11 is 0. The van der Waals surface area contributed by atoms with E-state index in [-0.39, 0.29) is 12.4 Å².